The molecule has 1 aliphatic carbocycles. The maximum absolute atomic E-state index is 13.1. The van der Waals surface area contributed by atoms with E-state index < -0.39 is 11.9 Å². The number of nitrogens with zero attached hydrogens (tertiary/aromatic N) is 2. The van der Waals surface area contributed by atoms with E-state index in [1.54, 1.807) is 7.11 Å². The maximum Gasteiger partial charge on any atom is 0.436 e. The lowest BCUT2D eigenvalue weighted by molar-refractivity contribution is -0.141. The highest BCUT2D eigenvalue weighted by molar-refractivity contribution is 7.80. The van der Waals surface area contributed by atoms with E-state index >= 15 is 0 Å². The summed E-state index contributed by atoms with van der Waals surface area (Å²) in [5.41, 5.74) is 1.29. The first-order chi connectivity index (χ1) is 13.7. The SMILES string of the molecule is COc1ccc(C)cc1NC(=S)NCCCn1nc(C(F)(F)F)c(Cl)c1C1CC1. The molecule has 0 bridgehead atoms. The van der Waals surface area contributed by atoms with Crippen molar-refractivity contribution in [2.75, 3.05) is 19.0 Å². The van der Waals surface area contributed by atoms with E-state index in [1.165, 1.54) is 4.68 Å². The number of hydrogen-bond donors (Lipinski definition) is 2. The monoisotopic (exact) mass is 446 g/mol. The van der Waals surface area contributed by atoms with Crippen LogP contribution in [0.1, 0.15) is 42.1 Å². The van der Waals surface area contributed by atoms with Crippen molar-refractivity contribution >= 4 is 34.6 Å². The van der Waals surface area contributed by atoms with E-state index in [4.69, 9.17) is 28.6 Å². The van der Waals surface area contributed by atoms with Gasteiger partial charge in [0.2, 0.25) is 0 Å². The van der Waals surface area contributed by atoms with Crippen LogP contribution in [0.25, 0.3) is 0 Å². The Labute approximate surface area is 177 Å². The van der Waals surface area contributed by atoms with Crippen LogP contribution in [0, 0.1) is 6.92 Å². The molecule has 1 heterocycles. The van der Waals surface area contributed by atoms with Crippen molar-refractivity contribution < 1.29 is 17.9 Å². The lowest BCUT2D eigenvalue weighted by atomic mass is 10.2. The third-order valence-electron chi connectivity index (χ3n) is 4.60. The fourth-order valence-corrected chi connectivity index (χ4v) is 3.68. The summed E-state index contributed by atoms with van der Waals surface area (Å²) in [6.45, 7) is 2.76. The van der Waals surface area contributed by atoms with E-state index in [0.29, 0.717) is 36.1 Å². The number of rotatable bonds is 7. The van der Waals surface area contributed by atoms with Crippen LogP contribution in [0.4, 0.5) is 18.9 Å². The second-order valence-corrected chi connectivity index (χ2v) is 7.77. The van der Waals surface area contributed by atoms with Crippen LogP contribution in [0.3, 0.4) is 0 Å². The van der Waals surface area contributed by atoms with Gasteiger partial charge in [-0.1, -0.05) is 17.7 Å². The molecule has 0 amide bonds. The number of alkyl halides is 3. The van der Waals surface area contributed by atoms with Gasteiger partial charge < -0.3 is 15.4 Å². The van der Waals surface area contributed by atoms with E-state index in [1.807, 2.05) is 25.1 Å². The second kappa shape index (κ2) is 8.79. The highest BCUT2D eigenvalue weighted by Gasteiger charge is 2.41. The molecule has 0 aliphatic heterocycles. The number of aryl methyl sites for hydroxylation is 2. The van der Waals surface area contributed by atoms with Crippen LogP contribution in [0.5, 0.6) is 5.75 Å². The highest BCUT2D eigenvalue weighted by atomic mass is 35.5. The average Bonchev–Trinajstić information content (AvgIpc) is 3.41. The summed E-state index contributed by atoms with van der Waals surface area (Å²) < 4.78 is 46.0. The molecule has 10 heteroatoms. The Kier molecular flexibility index (Phi) is 6.58. The highest BCUT2D eigenvalue weighted by Crippen LogP contribution is 2.46. The van der Waals surface area contributed by atoms with Gasteiger partial charge in [0.1, 0.15) is 5.75 Å². The van der Waals surface area contributed by atoms with Crippen molar-refractivity contribution in [2.24, 2.45) is 0 Å². The maximum atomic E-state index is 13.1. The van der Waals surface area contributed by atoms with Gasteiger partial charge in [-0.3, -0.25) is 4.68 Å². The molecule has 5 nitrogen and oxygen atoms in total. The minimum Gasteiger partial charge on any atom is -0.495 e. The van der Waals surface area contributed by atoms with Gasteiger partial charge in [0.15, 0.2) is 10.8 Å². The Balaban J connectivity index is 1.56. The zero-order chi connectivity index (χ0) is 21.2. The molecular formula is C19H22ClF3N4OS. The van der Waals surface area contributed by atoms with Gasteiger partial charge in [0.05, 0.1) is 23.5 Å². The molecule has 1 fully saturated rings. The Morgan fingerprint density at radius 3 is 2.72 bits per heavy atom. The molecule has 1 saturated carbocycles. The quantitative estimate of drug-likeness (QED) is 0.456. The molecular weight excluding hydrogens is 425 g/mol. The number of anilines is 1. The minimum atomic E-state index is -4.55. The van der Waals surface area contributed by atoms with Crippen molar-refractivity contribution in [3.63, 3.8) is 0 Å². The summed E-state index contributed by atoms with van der Waals surface area (Å²) in [5.74, 6) is 0.732. The number of hydrogen-bond acceptors (Lipinski definition) is 3. The first-order valence-corrected chi connectivity index (χ1v) is 10.0. The van der Waals surface area contributed by atoms with Gasteiger partial charge in [0.25, 0.3) is 0 Å². The van der Waals surface area contributed by atoms with Crippen LogP contribution >= 0.6 is 23.8 Å². The number of benzene rings is 1. The first-order valence-electron chi connectivity index (χ1n) is 9.23. The Morgan fingerprint density at radius 1 is 1.38 bits per heavy atom. The molecule has 1 aromatic heterocycles. The summed E-state index contributed by atoms with van der Waals surface area (Å²) in [6, 6.07) is 5.70. The van der Waals surface area contributed by atoms with Gasteiger partial charge in [-0.15, -0.1) is 0 Å². The van der Waals surface area contributed by atoms with Crippen LogP contribution in [-0.2, 0) is 12.7 Å². The van der Waals surface area contributed by atoms with Gasteiger partial charge in [0, 0.05) is 19.0 Å². The van der Waals surface area contributed by atoms with Crippen LogP contribution in [0.15, 0.2) is 18.2 Å². The minimum absolute atomic E-state index is 0.0654. The van der Waals surface area contributed by atoms with Crippen LogP contribution in [-0.4, -0.2) is 28.5 Å². The summed E-state index contributed by atoms with van der Waals surface area (Å²) in [7, 11) is 1.58. The molecule has 0 saturated heterocycles. The van der Waals surface area contributed by atoms with Crippen molar-refractivity contribution in [3.05, 3.63) is 40.2 Å². The summed E-state index contributed by atoms with van der Waals surface area (Å²) in [4.78, 5) is 0. The zero-order valence-corrected chi connectivity index (χ0v) is 17.6. The predicted octanol–water partition coefficient (Wildman–Crippen LogP) is 5.13. The van der Waals surface area contributed by atoms with Crippen molar-refractivity contribution in [1.82, 2.24) is 15.1 Å². The normalized spacial score (nSPS) is 14.0. The van der Waals surface area contributed by atoms with Gasteiger partial charge >= 0.3 is 6.18 Å². The molecule has 2 N–H and O–H groups in total. The van der Waals surface area contributed by atoms with Crippen molar-refractivity contribution in [3.8, 4) is 5.75 Å². The number of halogens is 4. The summed E-state index contributed by atoms with van der Waals surface area (Å²) >= 11 is 11.3. The molecule has 1 aromatic carbocycles. The molecule has 29 heavy (non-hydrogen) atoms. The smallest absolute Gasteiger partial charge is 0.436 e. The molecule has 1 aliphatic rings. The van der Waals surface area contributed by atoms with E-state index in [0.717, 1.165) is 24.1 Å². The Bertz CT molecular complexity index is 896. The summed E-state index contributed by atoms with van der Waals surface area (Å²) in [6.07, 6.45) is -2.33. The lowest BCUT2D eigenvalue weighted by Gasteiger charge is -2.14. The molecule has 2 aromatic rings. The number of thiocarbonyl (C=S) groups is 1. The van der Waals surface area contributed by atoms with Gasteiger partial charge in [-0.2, -0.15) is 18.3 Å². The van der Waals surface area contributed by atoms with E-state index in [9.17, 15) is 13.2 Å². The number of methoxy groups -OCH3 is 1. The fourth-order valence-electron chi connectivity index (χ4n) is 3.07. The van der Waals surface area contributed by atoms with E-state index in [2.05, 4.69) is 15.7 Å². The molecule has 158 valence electrons. The largest absolute Gasteiger partial charge is 0.495 e. The fraction of sp³-hybridized carbons (Fsp3) is 0.474. The second-order valence-electron chi connectivity index (χ2n) is 6.98. The van der Waals surface area contributed by atoms with Crippen LogP contribution < -0.4 is 15.4 Å². The molecule has 0 unspecified atom stereocenters. The zero-order valence-electron chi connectivity index (χ0n) is 16.1. The average molecular weight is 447 g/mol. The van der Waals surface area contributed by atoms with Gasteiger partial charge in [-0.05, 0) is 56.1 Å². The number of ether oxygens (including phenoxy) is 1. The van der Waals surface area contributed by atoms with E-state index in [-0.39, 0.29) is 10.9 Å². The Hall–Kier alpha value is -2.00. The predicted molar refractivity (Wildman–Crippen MR) is 111 cm³/mol. The summed E-state index contributed by atoms with van der Waals surface area (Å²) in [5, 5.41) is 10.0. The molecule has 0 atom stereocenters. The molecule has 3 rings (SSSR count). The molecule has 0 spiro atoms. The number of aromatic nitrogens is 2. The Morgan fingerprint density at radius 2 is 2.10 bits per heavy atom. The van der Waals surface area contributed by atoms with Crippen molar-refractivity contribution in [2.45, 2.75) is 44.8 Å². The van der Waals surface area contributed by atoms with Crippen molar-refractivity contribution in [1.29, 1.82) is 0 Å². The standard InChI is InChI=1S/C19H22ClF3N4OS/c1-11-4-7-14(28-2)13(10-11)25-18(29)24-8-3-9-27-16(12-5-6-12)15(20)17(26-27)19(21,22)23/h4,7,10,12H,3,5-6,8-9H2,1-2H3,(H2,24,25,29). The van der Waals surface area contributed by atoms with Gasteiger partial charge in [-0.25, -0.2) is 0 Å². The molecule has 0 radical (unpaired) electrons. The third kappa shape index (κ3) is 5.33. The first kappa shape index (κ1) is 21.7. The third-order valence-corrected chi connectivity index (χ3v) is 5.22. The van der Waals surface area contributed by atoms with Crippen LogP contribution in [0.2, 0.25) is 5.02 Å². The lowest BCUT2D eigenvalue weighted by Crippen LogP contribution is -2.30. The number of nitrogens with one attached hydrogen (secondary N) is 2. The topological polar surface area (TPSA) is 51.1 Å².